The van der Waals surface area contributed by atoms with E-state index in [0.29, 0.717) is 29.5 Å². The average Bonchev–Trinajstić information content (AvgIpc) is 2.57. The molecule has 2 rings (SSSR count). The monoisotopic (exact) mass is 351 g/mol. The molecular weight excluding hydrogens is 326 g/mol. The summed E-state index contributed by atoms with van der Waals surface area (Å²) in [6.07, 6.45) is 3.76. The number of likely N-dealkylation sites (tertiary alicyclic amines) is 1. The number of carbonyl (C=O) groups is 2. The zero-order valence-corrected chi connectivity index (χ0v) is 14.9. The molecule has 5 nitrogen and oxygen atoms in total. The summed E-state index contributed by atoms with van der Waals surface area (Å²) in [5.41, 5.74) is 0.544. The molecule has 2 N–H and O–H groups in total. The maximum atomic E-state index is 11.9. The predicted molar refractivity (Wildman–Crippen MR) is 96.2 cm³/mol. The fourth-order valence-corrected chi connectivity index (χ4v) is 2.97. The van der Waals surface area contributed by atoms with Gasteiger partial charge in [-0.3, -0.25) is 9.59 Å². The van der Waals surface area contributed by atoms with E-state index in [1.54, 1.807) is 24.3 Å². The number of hydrogen-bond acceptors (Lipinski definition) is 3. The molecule has 1 heterocycles. The third-order valence-corrected chi connectivity index (χ3v) is 4.71. The molecule has 0 saturated carbocycles. The fraction of sp³-hybridized carbons (Fsp3) is 0.556. The number of nitrogens with one attached hydrogen (secondary N) is 2. The standard InChI is InChI=1S/C18H26ClN3O2/c1-22-12-8-14(9-13-22)6-10-20-17(23)7-11-21-18(24)15-2-4-16(19)5-3-15/h2-5,14H,6-13H2,1H3,(H,20,23)(H,21,24). The van der Waals surface area contributed by atoms with E-state index in [1.165, 1.54) is 12.8 Å². The molecule has 1 aliphatic heterocycles. The van der Waals surface area contributed by atoms with Gasteiger partial charge >= 0.3 is 0 Å². The molecular formula is C18H26ClN3O2. The van der Waals surface area contributed by atoms with Crippen LogP contribution in [-0.2, 0) is 4.79 Å². The number of carbonyl (C=O) groups excluding carboxylic acids is 2. The molecule has 6 heteroatoms. The Morgan fingerprint density at radius 1 is 1.12 bits per heavy atom. The lowest BCUT2D eigenvalue weighted by molar-refractivity contribution is -0.121. The number of halogens is 1. The number of amides is 2. The van der Waals surface area contributed by atoms with Gasteiger partial charge in [-0.25, -0.2) is 0 Å². The molecule has 0 bridgehead atoms. The highest BCUT2D eigenvalue weighted by molar-refractivity contribution is 6.30. The highest BCUT2D eigenvalue weighted by atomic mass is 35.5. The molecule has 0 atom stereocenters. The first-order valence-electron chi connectivity index (χ1n) is 8.53. The van der Waals surface area contributed by atoms with Gasteiger partial charge in [-0.2, -0.15) is 0 Å². The summed E-state index contributed by atoms with van der Waals surface area (Å²) in [7, 11) is 2.15. The second-order valence-corrected chi connectivity index (χ2v) is 6.83. The van der Waals surface area contributed by atoms with Gasteiger partial charge in [-0.1, -0.05) is 11.6 Å². The van der Waals surface area contributed by atoms with Gasteiger partial charge in [0.2, 0.25) is 5.91 Å². The Morgan fingerprint density at radius 3 is 2.46 bits per heavy atom. The molecule has 24 heavy (non-hydrogen) atoms. The van der Waals surface area contributed by atoms with E-state index in [0.717, 1.165) is 26.1 Å². The molecule has 2 amide bonds. The van der Waals surface area contributed by atoms with E-state index in [9.17, 15) is 9.59 Å². The molecule has 1 aliphatic rings. The van der Waals surface area contributed by atoms with Crippen LogP contribution in [0.1, 0.15) is 36.0 Å². The van der Waals surface area contributed by atoms with E-state index < -0.39 is 0 Å². The van der Waals surface area contributed by atoms with Crippen molar-refractivity contribution in [3.8, 4) is 0 Å². The summed E-state index contributed by atoms with van der Waals surface area (Å²) in [4.78, 5) is 26.1. The first kappa shape index (κ1) is 18.7. The Bertz CT molecular complexity index is 540. The highest BCUT2D eigenvalue weighted by Gasteiger charge is 2.16. The zero-order chi connectivity index (χ0) is 17.4. The number of rotatable bonds is 7. The van der Waals surface area contributed by atoms with Gasteiger partial charge in [-0.05, 0) is 69.6 Å². The van der Waals surface area contributed by atoms with E-state index in [-0.39, 0.29) is 11.8 Å². The summed E-state index contributed by atoms with van der Waals surface area (Å²) in [6, 6.07) is 6.68. The van der Waals surface area contributed by atoms with Crippen LogP contribution in [0.25, 0.3) is 0 Å². The van der Waals surface area contributed by atoms with Crippen molar-refractivity contribution in [1.29, 1.82) is 0 Å². The summed E-state index contributed by atoms with van der Waals surface area (Å²) < 4.78 is 0. The number of benzene rings is 1. The maximum absolute atomic E-state index is 11.9. The van der Waals surface area contributed by atoms with Crippen LogP contribution in [0.3, 0.4) is 0 Å². The topological polar surface area (TPSA) is 61.4 Å². The molecule has 1 aromatic rings. The minimum Gasteiger partial charge on any atom is -0.356 e. The van der Waals surface area contributed by atoms with Crippen LogP contribution in [0.15, 0.2) is 24.3 Å². The number of hydrogen-bond donors (Lipinski definition) is 2. The van der Waals surface area contributed by atoms with Crippen molar-refractivity contribution in [3.05, 3.63) is 34.9 Å². The zero-order valence-electron chi connectivity index (χ0n) is 14.2. The van der Waals surface area contributed by atoms with Crippen molar-refractivity contribution >= 4 is 23.4 Å². The summed E-state index contributed by atoms with van der Waals surface area (Å²) in [6.45, 7) is 3.35. The van der Waals surface area contributed by atoms with Crippen molar-refractivity contribution in [2.75, 3.05) is 33.2 Å². The molecule has 0 aliphatic carbocycles. The lowest BCUT2D eigenvalue weighted by atomic mass is 9.94. The Hall–Kier alpha value is -1.59. The normalized spacial score (nSPS) is 15.9. The summed E-state index contributed by atoms with van der Waals surface area (Å²) >= 11 is 5.79. The van der Waals surface area contributed by atoms with Gasteiger partial charge in [0.1, 0.15) is 0 Å². The molecule has 0 aromatic heterocycles. The highest BCUT2D eigenvalue weighted by Crippen LogP contribution is 2.18. The Morgan fingerprint density at radius 2 is 1.79 bits per heavy atom. The molecule has 1 saturated heterocycles. The minimum absolute atomic E-state index is 0.0145. The van der Waals surface area contributed by atoms with Crippen molar-refractivity contribution in [2.45, 2.75) is 25.7 Å². The maximum Gasteiger partial charge on any atom is 0.251 e. The van der Waals surface area contributed by atoms with Crippen molar-refractivity contribution in [2.24, 2.45) is 5.92 Å². The van der Waals surface area contributed by atoms with Crippen LogP contribution in [0.5, 0.6) is 0 Å². The van der Waals surface area contributed by atoms with Crippen LogP contribution < -0.4 is 10.6 Å². The Balaban J connectivity index is 1.56. The molecule has 1 fully saturated rings. The predicted octanol–water partition coefficient (Wildman–Crippen LogP) is 2.31. The third-order valence-electron chi connectivity index (χ3n) is 4.46. The second kappa shape index (κ2) is 9.64. The smallest absolute Gasteiger partial charge is 0.251 e. The fourth-order valence-electron chi connectivity index (χ4n) is 2.85. The molecule has 0 radical (unpaired) electrons. The summed E-state index contributed by atoms with van der Waals surface area (Å²) in [5.74, 6) is 0.510. The van der Waals surface area contributed by atoms with E-state index in [4.69, 9.17) is 11.6 Å². The van der Waals surface area contributed by atoms with Gasteiger partial charge in [0, 0.05) is 30.1 Å². The van der Waals surface area contributed by atoms with E-state index in [2.05, 4.69) is 22.6 Å². The first-order chi connectivity index (χ1) is 11.5. The second-order valence-electron chi connectivity index (χ2n) is 6.40. The van der Waals surface area contributed by atoms with Crippen LogP contribution in [0, 0.1) is 5.92 Å². The number of nitrogens with zero attached hydrogens (tertiary/aromatic N) is 1. The molecule has 0 spiro atoms. The molecule has 0 unspecified atom stereocenters. The largest absolute Gasteiger partial charge is 0.356 e. The van der Waals surface area contributed by atoms with Crippen molar-refractivity contribution < 1.29 is 9.59 Å². The van der Waals surface area contributed by atoms with Crippen molar-refractivity contribution in [3.63, 3.8) is 0 Å². The summed E-state index contributed by atoms with van der Waals surface area (Å²) in [5, 5.41) is 6.28. The van der Waals surface area contributed by atoms with Gasteiger partial charge in [-0.15, -0.1) is 0 Å². The number of piperidine rings is 1. The van der Waals surface area contributed by atoms with Crippen LogP contribution in [0.4, 0.5) is 0 Å². The lowest BCUT2D eigenvalue weighted by Gasteiger charge is -2.28. The van der Waals surface area contributed by atoms with E-state index >= 15 is 0 Å². The van der Waals surface area contributed by atoms with Crippen LogP contribution >= 0.6 is 11.6 Å². The van der Waals surface area contributed by atoms with Crippen LogP contribution in [-0.4, -0.2) is 49.9 Å². The van der Waals surface area contributed by atoms with Crippen molar-refractivity contribution in [1.82, 2.24) is 15.5 Å². The van der Waals surface area contributed by atoms with Gasteiger partial charge in [0.05, 0.1) is 0 Å². The molecule has 1 aromatic carbocycles. The third kappa shape index (κ3) is 6.49. The van der Waals surface area contributed by atoms with Gasteiger partial charge < -0.3 is 15.5 Å². The van der Waals surface area contributed by atoms with Crippen LogP contribution in [0.2, 0.25) is 5.02 Å². The minimum atomic E-state index is -0.189. The van der Waals surface area contributed by atoms with Gasteiger partial charge in [0.25, 0.3) is 5.91 Å². The Kier molecular flexibility index (Phi) is 7.53. The lowest BCUT2D eigenvalue weighted by Crippen LogP contribution is -2.34. The first-order valence-corrected chi connectivity index (χ1v) is 8.91. The SMILES string of the molecule is CN1CCC(CCNC(=O)CCNC(=O)c2ccc(Cl)cc2)CC1. The van der Waals surface area contributed by atoms with E-state index in [1.807, 2.05) is 0 Å². The average molecular weight is 352 g/mol. The molecule has 132 valence electrons. The Labute approximate surface area is 148 Å². The van der Waals surface area contributed by atoms with Gasteiger partial charge in [0.15, 0.2) is 0 Å². The quantitative estimate of drug-likeness (QED) is 0.792.